The molecule has 0 radical (unpaired) electrons. The fraction of sp³-hybridized carbons (Fsp3) is 0.667. The van der Waals surface area contributed by atoms with Crippen molar-refractivity contribution in [3.8, 4) is 0 Å². The van der Waals surface area contributed by atoms with Crippen LogP contribution in [0.25, 0.3) is 0 Å². The van der Waals surface area contributed by atoms with E-state index in [0.717, 1.165) is 35.4 Å². The summed E-state index contributed by atoms with van der Waals surface area (Å²) >= 11 is 1.82. The number of anilines is 1. The third kappa shape index (κ3) is 4.39. The lowest BCUT2D eigenvalue weighted by atomic mass is 10.4. The summed E-state index contributed by atoms with van der Waals surface area (Å²) in [6, 6.07) is 2.04. The SMILES string of the molecule is CCCCSc1cc(NCC)nc(CC)n1. The van der Waals surface area contributed by atoms with E-state index in [0.29, 0.717) is 0 Å². The van der Waals surface area contributed by atoms with Crippen molar-refractivity contribution in [2.75, 3.05) is 17.6 Å². The number of rotatable bonds is 7. The molecule has 0 amide bonds. The Hall–Kier alpha value is -0.770. The van der Waals surface area contributed by atoms with Gasteiger partial charge < -0.3 is 5.32 Å². The highest BCUT2D eigenvalue weighted by atomic mass is 32.2. The molecular weight excluding hydrogens is 218 g/mol. The van der Waals surface area contributed by atoms with Crippen LogP contribution in [-0.2, 0) is 6.42 Å². The first-order valence-corrected chi connectivity index (χ1v) is 7.03. The number of hydrogen-bond donors (Lipinski definition) is 1. The standard InChI is InChI=1S/C12H21N3S/c1-4-7-8-16-12-9-11(13-6-3)14-10(5-2)15-12/h9H,4-8H2,1-3H3,(H,13,14,15). The first-order chi connectivity index (χ1) is 7.80. The summed E-state index contributed by atoms with van der Waals surface area (Å²) in [4.78, 5) is 8.95. The molecule has 16 heavy (non-hydrogen) atoms. The zero-order valence-electron chi connectivity index (χ0n) is 10.4. The average molecular weight is 239 g/mol. The predicted molar refractivity (Wildman–Crippen MR) is 71.2 cm³/mol. The molecular formula is C12H21N3S. The lowest BCUT2D eigenvalue weighted by molar-refractivity contribution is 0.875. The summed E-state index contributed by atoms with van der Waals surface area (Å²) in [6.07, 6.45) is 3.37. The van der Waals surface area contributed by atoms with Gasteiger partial charge in [-0.2, -0.15) is 0 Å². The van der Waals surface area contributed by atoms with Crippen molar-refractivity contribution in [3.05, 3.63) is 11.9 Å². The molecule has 4 heteroatoms. The second-order valence-corrected chi connectivity index (χ2v) is 4.71. The van der Waals surface area contributed by atoms with E-state index in [-0.39, 0.29) is 0 Å². The van der Waals surface area contributed by atoms with E-state index in [2.05, 4.69) is 36.1 Å². The molecule has 0 saturated heterocycles. The molecule has 0 aliphatic carbocycles. The highest BCUT2D eigenvalue weighted by molar-refractivity contribution is 7.99. The quantitative estimate of drug-likeness (QED) is 0.450. The predicted octanol–water partition coefficient (Wildman–Crippen LogP) is 3.36. The number of nitrogens with one attached hydrogen (secondary N) is 1. The monoisotopic (exact) mass is 239 g/mol. The van der Waals surface area contributed by atoms with Crippen LogP contribution in [0.2, 0.25) is 0 Å². The molecule has 1 aromatic rings. The molecule has 1 N–H and O–H groups in total. The highest BCUT2D eigenvalue weighted by Gasteiger charge is 2.03. The third-order valence-electron chi connectivity index (χ3n) is 2.17. The van der Waals surface area contributed by atoms with E-state index in [4.69, 9.17) is 0 Å². The summed E-state index contributed by atoms with van der Waals surface area (Å²) in [7, 11) is 0. The van der Waals surface area contributed by atoms with Crippen LogP contribution in [0.1, 0.15) is 39.4 Å². The molecule has 0 saturated carbocycles. The van der Waals surface area contributed by atoms with Gasteiger partial charge in [0, 0.05) is 19.0 Å². The van der Waals surface area contributed by atoms with Gasteiger partial charge in [0.1, 0.15) is 16.7 Å². The Balaban J connectivity index is 2.69. The van der Waals surface area contributed by atoms with Crippen LogP contribution in [0.15, 0.2) is 11.1 Å². The summed E-state index contributed by atoms with van der Waals surface area (Å²) in [5.74, 6) is 3.02. The van der Waals surface area contributed by atoms with Crippen molar-refractivity contribution in [3.63, 3.8) is 0 Å². The molecule has 0 bridgehead atoms. The Labute approximate surface area is 102 Å². The van der Waals surface area contributed by atoms with Gasteiger partial charge in [-0.25, -0.2) is 9.97 Å². The van der Waals surface area contributed by atoms with Crippen molar-refractivity contribution in [1.82, 2.24) is 9.97 Å². The number of nitrogens with zero attached hydrogens (tertiary/aromatic N) is 2. The van der Waals surface area contributed by atoms with Crippen LogP contribution in [0.4, 0.5) is 5.82 Å². The number of thioether (sulfide) groups is 1. The molecule has 1 rings (SSSR count). The molecule has 0 aliphatic rings. The summed E-state index contributed by atoms with van der Waals surface area (Å²) in [5.41, 5.74) is 0. The zero-order valence-corrected chi connectivity index (χ0v) is 11.2. The molecule has 0 fully saturated rings. The molecule has 0 spiro atoms. The average Bonchev–Trinajstić information content (AvgIpc) is 2.29. The zero-order chi connectivity index (χ0) is 11.8. The Morgan fingerprint density at radius 2 is 2.06 bits per heavy atom. The van der Waals surface area contributed by atoms with Crippen molar-refractivity contribution in [2.24, 2.45) is 0 Å². The molecule has 0 unspecified atom stereocenters. The van der Waals surface area contributed by atoms with Crippen LogP contribution < -0.4 is 5.32 Å². The number of hydrogen-bond acceptors (Lipinski definition) is 4. The van der Waals surface area contributed by atoms with Gasteiger partial charge in [-0.3, -0.25) is 0 Å². The molecule has 1 heterocycles. The Morgan fingerprint density at radius 3 is 2.69 bits per heavy atom. The maximum Gasteiger partial charge on any atom is 0.131 e. The van der Waals surface area contributed by atoms with Gasteiger partial charge in [0.2, 0.25) is 0 Å². The molecule has 0 aromatic carbocycles. The van der Waals surface area contributed by atoms with Crippen molar-refractivity contribution in [1.29, 1.82) is 0 Å². The van der Waals surface area contributed by atoms with Gasteiger partial charge >= 0.3 is 0 Å². The van der Waals surface area contributed by atoms with Gasteiger partial charge in [-0.15, -0.1) is 11.8 Å². The maximum absolute atomic E-state index is 4.52. The first-order valence-electron chi connectivity index (χ1n) is 6.04. The van der Waals surface area contributed by atoms with Crippen LogP contribution in [0, 0.1) is 0 Å². The minimum atomic E-state index is 0.889. The second-order valence-electron chi connectivity index (χ2n) is 3.59. The number of aromatic nitrogens is 2. The van der Waals surface area contributed by atoms with Crippen LogP contribution in [-0.4, -0.2) is 22.3 Å². The molecule has 3 nitrogen and oxygen atoms in total. The number of aryl methyl sites for hydroxylation is 1. The molecule has 0 aliphatic heterocycles. The van der Waals surface area contributed by atoms with E-state index in [9.17, 15) is 0 Å². The third-order valence-corrected chi connectivity index (χ3v) is 3.17. The summed E-state index contributed by atoms with van der Waals surface area (Å²) in [6.45, 7) is 7.28. The largest absolute Gasteiger partial charge is 0.370 e. The van der Waals surface area contributed by atoms with Gasteiger partial charge in [0.25, 0.3) is 0 Å². The Bertz CT molecular complexity index is 315. The van der Waals surface area contributed by atoms with Crippen LogP contribution in [0.5, 0.6) is 0 Å². The van der Waals surface area contributed by atoms with E-state index in [1.807, 2.05) is 17.8 Å². The summed E-state index contributed by atoms with van der Waals surface area (Å²) in [5, 5.41) is 4.34. The van der Waals surface area contributed by atoms with E-state index < -0.39 is 0 Å². The molecule has 90 valence electrons. The van der Waals surface area contributed by atoms with Crippen LogP contribution >= 0.6 is 11.8 Å². The van der Waals surface area contributed by atoms with Crippen molar-refractivity contribution >= 4 is 17.6 Å². The highest BCUT2D eigenvalue weighted by Crippen LogP contribution is 2.20. The summed E-state index contributed by atoms with van der Waals surface area (Å²) < 4.78 is 0. The molecule has 1 aromatic heterocycles. The normalized spacial score (nSPS) is 10.4. The smallest absolute Gasteiger partial charge is 0.131 e. The van der Waals surface area contributed by atoms with Gasteiger partial charge in [0.15, 0.2) is 0 Å². The molecule has 0 atom stereocenters. The Morgan fingerprint density at radius 1 is 1.25 bits per heavy atom. The van der Waals surface area contributed by atoms with Crippen molar-refractivity contribution < 1.29 is 0 Å². The van der Waals surface area contributed by atoms with E-state index in [1.54, 1.807) is 0 Å². The lowest BCUT2D eigenvalue weighted by Crippen LogP contribution is -2.03. The maximum atomic E-state index is 4.52. The van der Waals surface area contributed by atoms with E-state index in [1.165, 1.54) is 12.8 Å². The topological polar surface area (TPSA) is 37.8 Å². The van der Waals surface area contributed by atoms with Gasteiger partial charge in [0.05, 0.1) is 0 Å². The van der Waals surface area contributed by atoms with E-state index >= 15 is 0 Å². The minimum Gasteiger partial charge on any atom is -0.370 e. The van der Waals surface area contributed by atoms with Gasteiger partial charge in [-0.05, 0) is 19.1 Å². The first kappa shape index (κ1) is 13.3. The minimum absolute atomic E-state index is 0.889. The Kier molecular flexibility index (Phi) is 6.23. The fourth-order valence-electron chi connectivity index (χ4n) is 1.30. The fourth-order valence-corrected chi connectivity index (χ4v) is 2.30. The number of unbranched alkanes of at least 4 members (excludes halogenated alkanes) is 1. The van der Waals surface area contributed by atoms with Crippen molar-refractivity contribution in [2.45, 2.75) is 45.1 Å². The van der Waals surface area contributed by atoms with Gasteiger partial charge in [-0.1, -0.05) is 20.3 Å². The second kappa shape index (κ2) is 7.49. The lowest BCUT2D eigenvalue weighted by Gasteiger charge is -2.07. The van der Waals surface area contributed by atoms with Crippen LogP contribution in [0.3, 0.4) is 0 Å².